The van der Waals surface area contributed by atoms with Crippen LogP contribution in [0.5, 0.6) is 0 Å². The number of hydrogen-bond acceptors (Lipinski definition) is 4. The summed E-state index contributed by atoms with van der Waals surface area (Å²) in [5.41, 5.74) is -0.132. The molecule has 1 spiro atoms. The standard InChI is InChI=1S/C16H21F3N2O2S/c1-12(6-14-3-2-13(7-20-14)16(17,18)19)8-21-5-4-15(9-21)10-24(22,23)11-15/h2-3,7,12H,4-6,8-11H2,1H3/t12-/m0/s1. The van der Waals surface area contributed by atoms with E-state index in [0.717, 1.165) is 38.3 Å². The lowest BCUT2D eigenvalue weighted by Gasteiger charge is -2.37. The number of nitrogens with zero attached hydrogens (tertiary/aromatic N) is 2. The second-order valence-corrected chi connectivity index (χ2v) is 9.43. The molecule has 24 heavy (non-hydrogen) atoms. The first-order chi connectivity index (χ1) is 11.1. The molecule has 0 aromatic carbocycles. The van der Waals surface area contributed by atoms with Crippen molar-refractivity contribution in [1.82, 2.24) is 9.88 Å². The number of aromatic nitrogens is 1. The molecule has 1 aromatic rings. The Kier molecular flexibility index (Phi) is 4.40. The molecular formula is C16H21F3N2O2S. The fourth-order valence-corrected chi connectivity index (χ4v) is 6.14. The molecule has 2 fully saturated rings. The number of alkyl halides is 3. The average Bonchev–Trinajstić information content (AvgIpc) is 2.79. The van der Waals surface area contributed by atoms with E-state index < -0.39 is 21.6 Å². The lowest BCUT2D eigenvalue weighted by atomic mass is 9.91. The average molecular weight is 362 g/mol. The Morgan fingerprint density at radius 2 is 2.04 bits per heavy atom. The minimum atomic E-state index is -4.36. The van der Waals surface area contributed by atoms with Gasteiger partial charge in [0.15, 0.2) is 9.84 Å². The molecule has 0 aliphatic carbocycles. The van der Waals surface area contributed by atoms with Gasteiger partial charge in [0.1, 0.15) is 0 Å². The molecule has 3 rings (SSSR count). The van der Waals surface area contributed by atoms with Crippen LogP contribution < -0.4 is 0 Å². The Hall–Kier alpha value is -1.15. The van der Waals surface area contributed by atoms with Gasteiger partial charge >= 0.3 is 6.18 Å². The van der Waals surface area contributed by atoms with Crippen LogP contribution in [0.1, 0.15) is 24.6 Å². The highest BCUT2D eigenvalue weighted by atomic mass is 32.2. The molecule has 1 aromatic heterocycles. The van der Waals surface area contributed by atoms with Gasteiger partial charge in [-0.3, -0.25) is 4.98 Å². The molecule has 0 radical (unpaired) electrons. The summed E-state index contributed by atoms with van der Waals surface area (Å²) in [6.45, 7) is 4.55. The summed E-state index contributed by atoms with van der Waals surface area (Å²) >= 11 is 0. The highest BCUT2D eigenvalue weighted by Crippen LogP contribution is 2.41. The van der Waals surface area contributed by atoms with Gasteiger partial charge in [0.05, 0.1) is 17.1 Å². The molecule has 4 nitrogen and oxygen atoms in total. The first kappa shape index (κ1) is 17.7. The van der Waals surface area contributed by atoms with E-state index in [2.05, 4.69) is 9.88 Å². The second kappa shape index (κ2) is 5.98. The summed E-state index contributed by atoms with van der Waals surface area (Å²) in [4.78, 5) is 6.18. The molecule has 8 heteroatoms. The maximum absolute atomic E-state index is 12.5. The minimum absolute atomic E-state index is 0.0504. The monoisotopic (exact) mass is 362 g/mol. The topological polar surface area (TPSA) is 50.3 Å². The van der Waals surface area contributed by atoms with Gasteiger partial charge in [-0.15, -0.1) is 0 Å². The number of pyridine rings is 1. The zero-order chi connectivity index (χ0) is 17.6. The van der Waals surface area contributed by atoms with Crippen LogP contribution in [0.15, 0.2) is 18.3 Å². The van der Waals surface area contributed by atoms with E-state index in [4.69, 9.17) is 0 Å². The van der Waals surface area contributed by atoms with Gasteiger partial charge in [-0.1, -0.05) is 6.92 Å². The third-order valence-corrected chi connectivity index (χ3v) is 6.95. The van der Waals surface area contributed by atoms with Crippen LogP contribution >= 0.6 is 0 Å². The molecule has 134 valence electrons. The summed E-state index contributed by atoms with van der Waals surface area (Å²) in [6.07, 6.45) is -1.95. The van der Waals surface area contributed by atoms with E-state index in [1.165, 1.54) is 6.07 Å². The minimum Gasteiger partial charge on any atom is -0.302 e. The van der Waals surface area contributed by atoms with Crippen LogP contribution in [0.3, 0.4) is 0 Å². The highest BCUT2D eigenvalue weighted by molar-refractivity contribution is 7.92. The third-order valence-electron chi connectivity index (χ3n) is 4.85. The summed E-state index contributed by atoms with van der Waals surface area (Å²) in [5, 5.41) is 0. The first-order valence-corrected chi connectivity index (χ1v) is 9.84. The van der Waals surface area contributed by atoms with E-state index in [9.17, 15) is 21.6 Å². The van der Waals surface area contributed by atoms with Crippen molar-refractivity contribution in [3.05, 3.63) is 29.6 Å². The molecule has 0 unspecified atom stereocenters. The van der Waals surface area contributed by atoms with Gasteiger partial charge in [-0.2, -0.15) is 13.2 Å². The molecular weight excluding hydrogens is 341 g/mol. The summed E-state index contributed by atoms with van der Waals surface area (Å²) < 4.78 is 60.4. The molecule has 0 amide bonds. The molecule has 0 bridgehead atoms. The van der Waals surface area contributed by atoms with Crippen LogP contribution in [0.4, 0.5) is 13.2 Å². The van der Waals surface area contributed by atoms with E-state index in [1.807, 2.05) is 6.92 Å². The lowest BCUT2D eigenvalue weighted by molar-refractivity contribution is -0.137. The van der Waals surface area contributed by atoms with E-state index in [1.54, 1.807) is 0 Å². The van der Waals surface area contributed by atoms with Gasteiger partial charge in [0.2, 0.25) is 0 Å². The van der Waals surface area contributed by atoms with Crippen LogP contribution in [-0.2, 0) is 22.4 Å². The third kappa shape index (κ3) is 3.91. The van der Waals surface area contributed by atoms with Crippen molar-refractivity contribution in [2.24, 2.45) is 11.3 Å². The van der Waals surface area contributed by atoms with Crippen LogP contribution in [0, 0.1) is 11.3 Å². The number of sulfone groups is 1. The van der Waals surface area contributed by atoms with Crippen molar-refractivity contribution in [3.63, 3.8) is 0 Å². The van der Waals surface area contributed by atoms with Crippen LogP contribution in [0.2, 0.25) is 0 Å². The van der Waals surface area contributed by atoms with Crippen molar-refractivity contribution in [2.75, 3.05) is 31.1 Å². The molecule has 2 aliphatic heterocycles. The van der Waals surface area contributed by atoms with E-state index in [0.29, 0.717) is 23.6 Å². The highest BCUT2D eigenvalue weighted by Gasteiger charge is 2.51. The Morgan fingerprint density at radius 3 is 2.58 bits per heavy atom. The van der Waals surface area contributed by atoms with Crippen molar-refractivity contribution in [1.29, 1.82) is 0 Å². The van der Waals surface area contributed by atoms with Crippen molar-refractivity contribution >= 4 is 9.84 Å². The number of halogens is 3. The van der Waals surface area contributed by atoms with E-state index >= 15 is 0 Å². The number of rotatable bonds is 4. The van der Waals surface area contributed by atoms with Gasteiger partial charge in [-0.05, 0) is 37.4 Å². The molecule has 0 N–H and O–H groups in total. The zero-order valence-corrected chi connectivity index (χ0v) is 14.3. The Morgan fingerprint density at radius 1 is 1.33 bits per heavy atom. The maximum Gasteiger partial charge on any atom is 0.417 e. The zero-order valence-electron chi connectivity index (χ0n) is 13.5. The largest absolute Gasteiger partial charge is 0.417 e. The molecule has 0 saturated carbocycles. The summed E-state index contributed by atoms with van der Waals surface area (Å²) in [6, 6.07) is 2.50. The Balaban J connectivity index is 1.50. The molecule has 3 heterocycles. The SMILES string of the molecule is C[C@@H](Cc1ccc(C(F)(F)F)cn1)CN1CCC2(C1)CS(=O)(=O)C2. The van der Waals surface area contributed by atoms with Crippen molar-refractivity contribution in [3.8, 4) is 0 Å². The summed E-state index contributed by atoms with van der Waals surface area (Å²) in [7, 11) is -2.82. The van der Waals surface area contributed by atoms with Gasteiger partial charge in [0.25, 0.3) is 0 Å². The quantitative estimate of drug-likeness (QED) is 0.825. The number of hydrogen-bond donors (Lipinski definition) is 0. The van der Waals surface area contributed by atoms with Gasteiger partial charge in [0, 0.05) is 30.4 Å². The molecule has 1 atom stereocenters. The first-order valence-electron chi connectivity index (χ1n) is 8.02. The smallest absolute Gasteiger partial charge is 0.302 e. The number of likely N-dealkylation sites (tertiary alicyclic amines) is 1. The van der Waals surface area contributed by atoms with Crippen LogP contribution in [0.25, 0.3) is 0 Å². The van der Waals surface area contributed by atoms with E-state index in [-0.39, 0.29) is 11.3 Å². The fourth-order valence-electron chi connectivity index (χ4n) is 3.89. The van der Waals surface area contributed by atoms with Crippen LogP contribution in [-0.4, -0.2) is 49.4 Å². The van der Waals surface area contributed by atoms with Crippen molar-refractivity contribution < 1.29 is 21.6 Å². The van der Waals surface area contributed by atoms with Gasteiger partial charge < -0.3 is 4.90 Å². The Labute approximate surface area is 140 Å². The molecule has 2 saturated heterocycles. The lowest BCUT2D eigenvalue weighted by Crippen LogP contribution is -2.50. The molecule has 2 aliphatic rings. The second-order valence-electron chi connectivity index (χ2n) is 7.36. The fraction of sp³-hybridized carbons (Fsp3) is 0.688. The van der Waals surface area contributed by atoms with Gasteiger partial charge in [-0.25, -0.2) is 8.42 Å². The van der Waals surface area contributed by atoms with Crippen molar-refractivity contribution in [2.45, 2.75) is 25.9 Å². The predicted octanol–water partition coefficient (Wildman–Crippen LogP) is 2.40. The normalized spacial score (nSPS) is 24.0. The summed E-state index contributed by atoms with van der Waals surface area (Å²) in [5.74, 6) is 0.845. The predicted molar refractivity (Wildman–Crippen MR) is 84.3 cm³/mol. The Bertz CT molecular complexity index is 689. The maximum atomic E-state index is 12.5.